The Balaban J connectivity index is 1.23. The standard InChI is InChI=1S/2C22H22GeO2.3C6H5.Bi/c2*1-18(22(24)25)17-23(19-11-5-2-6-12-19,20-13-7-3-8-14-20)21-15-9-4-10-16-21;3*1-2-4-6-5-3-1;/h2*2-16,18H,17H2,1H3,(H,24,25);3*1-5H;/q;;;;;+2/p-2. The van der Waals surface area contributed by atoms with E-state index in [1.807, 2.05) is 105 Å². The minimum absolute atomic E-state index is 0.387. The third-order valence-corrected chi connectivity index (χ3v) is 54.1. The molecule has 0 N–H and O–H groups in total. The van der Waals surface area contributed by atoms with Gasteiger partial charge in [-0.15, -0.1) is 0 Å². The van der Waals surface area contributed by atoms with Gasteiger partial charge in [0, 0.05) is 0 Å². The van der Waals surface area contributed by atoms with E-state index in [0.717, 1.165) is 0 Å². The van der Waals surface area contributed by atoms with E-state index in [9.17, 15) is 0 Å². The number of carbonyl (C=O) groups is 2. The van der Waals surface area contributed by atoms with E-state index in [1.54, 1.807) is 0 Å². The van der Waals surface area contributed by atoms with Crippen LogP contribution in [0.4, 0.5) is 0 Å². The van der Waals surface area contributed by atoms with Crippen LogP contribution < -0.4 is 36.2 Å². The van der Waals surface area contributed by atoms with Crippen LogP contribution in [0.25, 0.3) is 0 Å². The number of hydrogen-bond acceptors (Lipinski definition) is 4. The fraction of sp³-hybridized carbons (Fsp3) is 0.0968. The van der Waals surface area contributed by atoms with Crippen molar-refractivity contribution in [3.63, 3.8) is 0 Å². The molecule has 0 radical (unpaired) electrons. The first kappa shape index (κ1) is 47.9. The van der Waals surface area contributed by atoms with Crippen molar-refractivity contribution >= 4 is 94.3 Å². The average Bonchev–Trinajstić information content (AvgIpc) is 3.43. The molecule has 2 atom stereocenters. The van der Waals surface area contributed by atoms with Gasteiger partial charge in [-0.3, -0.25) is 0 Å². The molecule has 0 aliphatic carbocycles. The van der Waals surface area contributed by atoms with Crippen LogP contribution in [0.3, 0.4) is 0 Å². The molecule has 9 aromatic carbocycles. The Morgan fingerprint density at radius 3 is 0.681 bits per heavy atom. The van der Waals surface area contributed by atoms with Crippen LogP contribution in [-0.2, 0) is 15.2 Å². The van der Waals surface area contributed by atoms with Gasteiger partial charge in [-0.25, -0.2) is 0 Å². The first-order valence-corrected chi connectivity index (χ1v) is 41.1. The van der Waals surface area contributed by atoms with Crippen LogP contribution >= 0.6 is 0 Å². The first-order chi connectivity index (χ1) is 33.8. The normalized spacial score (nSPS) is 13.2. The van der Waals surface area contributed by atoms with Crippen LogP contribution in [-0.4, -0.2) is 58.1 Å². The Hall–Kier alpha value is -6.11. The Morgan fingerprint density at radius 1 is 0.319 bits per heavy atom. The summed E-state index contributed by atoms with van der Waals surface area (Å²) in [4.78, 5) is 32.1. The van der Waals surface area contributed by atoms with E-state index in [-0.39, 0.29) is 11.9 Å². The molecule has 9 rings (SSSR count). The van der Waals surface area contributed by atoms with Gasteiger partial charge in [0.1, 0.15) is 0 Å². The van der Waals surface area contributed by atoms with Crippen LogP contribution in [0, 0.1) is 11.8 Å². The van der Waals surface area contributed by atoms with Crippen molar-refractivity contribution in [3.05, 3.63) is 273 Å². The Morgan fingerprint density at radius 2 is 0.493 bits per heavy atom. The van der Waals surface area contributed by atoms with Crippen molar-refractivity contribution in [3.8, 4) is 0 Å². The molecule has 2 unspecified atom stereocenters. The fourth-order valence-electron chi connectivity index (χ4n) is 10.5. The van der Waals surface area contributed by atoms with Crippen molar-refractivity contribution in [2.24, 2.45) is 11.8 Å². The Labute approximate surface area is 415 Å². The molecule has 342 valence electrons. The molecule has 0 saturated carbocycles. The topological polar surface area (TPSA) is 52.6 Å². The van der Waals surface area contributed by atoms with Gasteiger partial charge in [0.15, 0.2) is 0 Å². The summed E-state index contributed by atoms with van der Waals surface area (Å²) in [7, 11) is 0. The molecule has 0 fully saturated rings. The van der Waals surface area contributed by atoms with Crippen molar-refractivity contribution in [1.29, 1.82) is 0 Å². The van der Waals surface area contributed by atoms with Gasteiger partial charge in [0.25, 0.3) is 0 Å². The average molecular weight is 1220 g/mol. The van der Waals surface area contributed by atoms with Gasteiger partial charge in [0.2, 0.25) is 0 Å². The molecular formula is C62H57BiGe2O4. The van der Waals surface area contributed by atoms with Crippen LogP contribution in [0.15, 0.2) is 273 Å². The van der Waals surface area contributed by atoms with E-state index in [1.165, 1.54) is 26.4 Å². The zero-order valence-electron chi connectivity index (χ0n) is 39.1. The van der Waals surface area contributed by atoms with Gasteiger partial charge in [0.05, 0.1) is 0 Å². The Bertz CT molecular complexity index is 2610. The van der Waals surface area contributed by atoms with Gasteiger partial charge >= 0.3 is 419 Å². The summed E-state index contributed by atoms with van der Waals surface area (Å²) in [5.74, 6) is -1.99. The molecule has 0 saturated heterocycles. The van der Waals surface area contributed by atoms with E-state index in [4.69, 9.17) is 5.63 Å². The second-order valence-electron chi connectivity index (χ2n) is 18.0. The summed E-state index contributed by atoms with van der Waals surface area (Å²) in [6.07, 6.45) is 0. The predicted octanol–water partition coefficient (Wildman–Crippen LogP) is 7.80. The molecule has 0 spiro atoms. The summed E-state index contributed by atoms with van der Waals surface area (Å²) in [6.45, 7) is 4.02. The molecule has 69 heavy (non-hydrogen) atoms. The number of rotatable bonds is 17. The van der Waals surface area contributed by atoms with E-state index in [0.29, 0.717) is 20.3 Å². The number of hydrogen-bond donors (Lipinski definition) is 0. The zero-order valence-corrected chi connectivity index (χ0v) is 46.8. The molecule has 0 amide bonds. The monoisotopic (exact) mass is 1220 g/mol. The van der Waals surface area contributed by atoms with Gasteiger partial charge in [-0.2, -0.15) is 0 Å². The number of carbonyl (C=O) groups excluding carboxylic acids is 2. The molecule has 0 aliphatic heterocycles. The maximum absolute atomic E-state index is 16.1. The third-order valence-electron chi connectivity index (χ3n) is 13.8. The van der Waals surface area contributed by atoms with Gasteiger partial charge < -0.3 is 0 Å². The molecule has 0 bridgehead atoms. The second-order valence-corrected chi connectivity index (χ2v) is 49.5. The fourth-order valence-corrected chi connectivity index (χ4v) is 50.3. The minimum atomic E-state index is -6.60. The van der Waals surface area contributed by atoms with Crippen molar-refractivity contribution in [2.45, 2.75) is 24.4 Å². The summed E-state index contributed by atoms with van der Waals surface area (Å²) in [5, 5.41) is 1.12. The summed E-state index contributed by atoms with van der Waals surface area (Å²) in [5.41, 5.74) is 0. The predicted molar refractivity (Wildman–Crippen MR) is 292 cm³/mol. The van der Waals surface area contributed by atoms with E-state index in [2.05, 4.69) is 182 Å². The first-order valence-electron chi connectivity index (χ1n) is 23.8. The van der Waals surface area contributed by atoms with Crippen LogP contribution in [0.5, 0.6) is 0 Å². The van der Waals surface area contributed by atoms with E-state index >= 15 is 9.59 Å². The van der Waals surface area contributed by atoms with Crippen LogP contribution in [0.2, 0.25) is 10.5 Å². The molecule has 7 heteroatoms. The maximum atomic E-state index is 16.1. The van der Waals surface area contributed by atoms with Gasteiger partial charge in [-0.05, 0) is 0 Å². The molecule has 4 nitrogen and oxygen atoms in total. The summed E-state index contributed by atoms with van der Waals surface area (Å²) in [6, 6.07) is 94.0. The van der Waals surface area contributed by atoms with Crippen molar-refractivity contribution in [2.75, 3.05) is 0 Å². The molecule has 9 aromatic rings. The SMILES string of the molecule is CC([CH2][Ge]([c]1ccccc1)([c]1ccccc1)[c]1ccccc1)C(=O)[O][Bi]([O]C(=O)C(C)[CH2][Ge]([c]1ccccc1)([c]1ccccc1)[c]1ccccc1)([c]1ccccc1)([c]1ccccc1)[c]1ccccc1. The van der Waals surface area contributed by atoms with Gasteiger partial charge in [-0.1, -0.05) is 0 Å². The quantitative estimate of drug-likeness (QED) is 0.0875. The molecule has 0 aromatic heterocycles. The third kappa shape index (κ3) is 9.13. The van der Waals surface area contributed by atoms with Crippen molar-refractivity contribution < 1.29 is 15.2 Å². The summed E-state index contributed by atoms with van der Waals surface area (Å²) >= 11 is -14.0. The zero-order chi connectivity index (χ0) is 47.6. The van der Waals surface area contributed by atoms with Crippen molar-refractivity contribution in [1.82, 2.24) is 0 Å². The molecule has 0 heterocycles. The molecule has 0 aliphatic rings. The Kier molecular flexibility index (Phi) is 14.8. The summed E-state index contributed by atoms with van der Waals surface area (Å²) < 4.78 is 25.0. The number of benzene rings is 9. The van der Waals surface area contributed by atoms with E-state index < -0.39 is 58.0 Å². The second kappa shape index (κ2) is 21.3. The molecular weight excluding hydrogens is 1160 g/mol. The van der Waals surface area contributed by atoms with Crippen LogP contribution in [0.1, 0.15) is 13.8 Å².